The Morgan fingerprint density at radius 1 is 1.27 bits per heavy atom. The van der Waals surface area contributed by atoms with Crippen molar-refractivity contribution in [3.05, 3.63) is 47.5 Å². The van der Waals surface area contributed by atoms with E-state index in [9.17, 15) is 4.79 Å². The number of ketones is 1. The number of hydrogen-bond donors (Lipinski definition) is 1. The van der Waals surface area contributed by atoms with Gasteiger partial charge in [-0.15, -0.1) is 0 Å². The van der Waals surface area contributed by atoms with E-state index < -0.39 is 0 Å². The van der Waals surface area contributed by atoms with Gasteiger partial charge in [-0.2, -0.15) is 0 Å². The molecular formula is C18H25BN2O. The topological polar surface area (TPSA) is 41.5 Å². The van der Waals surface area contributed by atoms with Crippen molar-refractivity contribution in [1.82, 2.24) is 5.32 Å². The van der Waals surface area contributed by atoms with Crippen LogP contribution in [0.25, 0.3) is 0 Å². The van der Waals surface area contributed by atoms with Gasteiger partial charge < -0.3 is 0 Å². The Labute approximate surface area is 134 Å². The number of allylic oxidation sites excluding steroid dienone is 2. The zero-order chi connectivity index (χ0) is 16.4. The third-order valence-electron chi connectivity index (χ3n) is 3.35. The fraction of sp³-hybridized carbons (Fsp3) is 0.389. The molecule has 1 N–H and O–H groups in total. The second-order valence-corrected chi connectivity index (χ2v) is 5.17. The van der Waals surface area contributed by atoms with Crippen LogP contribution in [0.1, 0.15) is 37.8 Å². The molecule has 0 radical (unpaired) electrons. The molecule has 4 heteroatoms. The number of benzene rings is 1. The molecule has 1 aromatic rings. The van der Waals surface area contributed by atoms with Crippen molar-refractivity contribution in [2.45, 2.75) is 40.1 Å². The van der Waals surface area contributed by atoms with E-state index in [1.165, 1.54) is 18.1 Å². The molecular weight excluding hydrogens is 271 g/mol. The van der Waals surface area contributed by atoms with Gasteiger partial charge in [0.05, 0.1) is 0 Å². The Morgan fingerprint density at radius 2 is 1.95 bits per heavy atom. The van der Waals surface area contributed by atoms with Gasteiger partial charge in [0.15, 0.2) is 0 Å². The number of carbonyl (C=O) groups excluding carboxylic acids is 1. The number of rotatable bonds is 8. The summed E-state index contributed by atoms with van der Waals surface area (Å²) in [5.41, 5.74) is 4.34. The van der Waals surface area contributed by atoms with Crippen LogP contribution in [-0.2, 0) is 11.3 Å². The van der Waals surface area contributed by atoms with Crippen molar-refractivity contribution in [2.75, 3.05) is 7.05 Å². The van der Waals surface area contributed by atoms with Gasteiger partial charge in [-0.1, -0.05) is 0 Å². The zero-order valence-electron chi connectivity index (χ0n) is 14.0. The van der Waals surface area contributed by atoms with E-state index >= 15 is 0 Å². The first-order valence-electron chi connectivity index (χ1n) is 7.74. The number of hydrogen-bond acceptors (Lipinski definition) is 3. The first kappa shape index (κ1) is 18.1. The molecule has 0 heterocycles. The van der Waals surface area contributed by atoms with Crippen LogP contribution in [0.4, 0.5) is 0 Å². The summed E-state index contributed by atoms with van der Waals surface area (Å²) in [6, 6.07) is 8.26. The predicted molar refractivity (Wildman–Crippen MR) is 97.1 cm³/mol. The average molecular weight is 296 g/mol. The predicted octanol–water partition coefficient (Wildman–Crippen LogP) is 3.02. The van der Waals surface area contributed by atoms with Crippen LogP contribution >= 0.6 is 0 Å². The van der Waals surface area contributed by atoms with Crippen LogP contribution in [0.15, 0.2) is 41.4 Å². The van der Waals surface area contributed by atoms with Crippen LogP contribution in [0.5, 0.6) is 0 Å². The molecule has 0 saturated carbocycles. The minimum atomic E-state index is 0.0248. The van der Waals surface area contributed by atoms with Crippen molar-refractivity contribution in [3.63, 3.8) is 0 Å². The molecule has 0 aromatic heterocycles. The van der Waals surface area contributed by atoms with E-state index in [1.807, 2.05) is 12.1 Å². The Balaban J connectivity index is 2.72. The summed E-state index contributed by atoms with van der Waals surface area (Å²) in [6.07, 6.45) is 5.52. The van der Waals surface area contributed by atoms with E-state index in [-0.39, 0.29) is 5.78 Å². The Morgan fingerprint density at radius 3 is 2.45 bits per heavy atom. The summed E-state index contributed by atoms with van der Waals surface area (Å²) in [7, 11) is 1.73. The van der Waals surface area contributed by atoms with Crippen LogP contribution < -0.4 is 5.32 Å². The van der Waals surface area contributed by atoms with Crippen LogP contribution in [0, 0.1) is 0 Å². The molecule has 0 bridgehead atoms. The first-order valence-corrected chi connectivity index (χ1v) is 7.74. The third kappa shape index (κ3) is 6.21. The molecule has 22 heavy (non-hydrogen) atoms. The van der Waals surface area contributed by atoms with Gasteiger partial charge in [0, 0.05) is 0 Å². The summed E-state index contributed by atoms with van der Waals surface area (Å²) in [5.74, 6) is 0.0248. The molecule has 3 nitrogen and oxygen atoms in total. The summed E-state index contributed by atoms with van der Waals surface area (Å²) in [4.78, 5) is 15.2. The molecule has 0 aliphatic rings. The second kappa shape index (κ2) is 9.88. The van der Waals surface area contributed by atoms with E-state index in [0.717, 1.165) is 30.7 Å². The van der Waals surface area contributed by atoms with Gasteiger partial charge in [0.1, 0.15) is 0 Å². The van der Waals surface area contributed by atoms with Crippen LogP contribution in [0.3, 0.4) is 0 Å². The molecule has 1 rings (SSSR count). The molecule has 0 unspecified atom stereocenters. The molecule has 0 aliphatic heterocycles. The van der Waals surface area contributed by atoms with Gasteiger partial charge in [0.2, 0.25) is 0 Å². The monoisotopic (exact) mass is 296 g/mol. The van der Waals surface area contributed by atoms with Crippen molar-refractivity contribution in [1.29, 1.82) is 0 Å². The molecule has 0 fully saturated rings. The quantitative estimate of drug-likeness (QED) is 0.455. The summed E-state index contributed by atoms with van der Waals surface area (Å²) in [5, 5.41) is 3.46. The van der Waals surface area contributed by atoms with Crippen LogP contribution in [0.2, 0.25) is 6.82 Å². The van der Waals surface area contributed by atoms with Gasteiger partial charge in [-0.3, -0.25) is 0 Å². The van der Waals surface area contributed by atoms with Crippen molar-refractivity contribution in [2.24, 2.45) is 4.99 Å². The number of nitrogens with zero attached hydrogens (tertiary/aromatic N) is 1. The fourth-order valence-electron chi connectivity index (χ4n) is 2.11. The molecule has 0 aliphatic carbocycles. The molecule has 0 saturated heterocycles. The fourth-order valence-corrected chi connectivity index (χ4v) is 2.11. The molecule has 0 amide bonds. The average Bonchev–Trinajstić information content (AvgIpc) is 2.53. The van der Waals surface area contributed by atoms with Crippen molar-refractivity contribution in [3.8, 4) is 0 Å². The Bertz CT molecular complexity index is 571. The van der Waals surface area contributed by atoms with Gasteiger partial charge in [-0.25, -0.2) is 0 Å². The van der Waals surface area contributed by atoms with Crippen LogP contribution in [-0.4, -0.2) is 31.1 Å². The Hall–Kier alpha value is -1.97. The number of carbonyl (C=O) groups is 1. The molecule has 116 valence electrons. The normalized spacial score (nSPS) is 12.4. The van der Waals surface area contributed by atoms with E-state index in [4.69, 9.17) is 0 Å². The standard InChI is InChI=1S/C18H25BN2O/c1-5-6-18(19-3)21-13-15-8-10-16(11-9-15)17(20-4)12-7-14(2)22/h7-12,21H,5-6,13H2,1-4H3/b12-7-,20-17?. The van der Waals surface area contributed by atoms with Crippen molar-refractivity contribution >= 4 is 24.0 Å². The maximum absolute atomic E-state index is 11.0. The minimum absolute atomic E-state index is 0.0248. The molecule has 0 spiro atoms. The zero-order valence-corrected chi connectivity index (χ0v) is 14.0. The summed E-state index contributed by atoms with van der Waals surface area (Å²) >= 11 is 0. The summed E-state index contributed by atoms with van der Waals surface area (Å²) < 4.78 is 0. The Kier molecular flexibility index (Phi) is 8.12. The first-order chi connectivity index (χ1) is 10.6. The van der Waals surface area contributed by atoms with E-state index in [2.05, 4.69) is 43.1 Å². The molecule has 1 aromatic carbocycles. The second-order valence-electron chi connectivity index (χ2n) is 5.17. The maximum atomic E-state index is 11.0. The number of aliphatic imine (C=N–C) groups is 1. The van der Waals surface area contributed by atoms with Crippen molar-refractivity contribution < 1.29 is 4.79 Å². The SMILES string of the molecule is CB=C(CCC)NCc1ccc(C(/C=C\C(C)=O)=NC)cc1. The van der Waals surface area contributed by atoms with E-state index in [1.54, 1.807) is 19.2 Å². The third-order valence-corrected chi connectivity index (χ3v) is 3.35. The van der Waals surface area contributed by atoms with Gasteiger partial charge in [-0.05, 0) is 0 Å². The molecule has 0 atom stereocenters. The van der Waals surface area contributed by atoms with Gasteiger partial charge >= 0.3 is 134 Å². The van der Waals surface area contributed by atoms with Gasteiger partial charge in [0.25, 0.3) is 0 Å². The number of nitrogens with one attached hydrogen (secondary N) is 1. The summed E-state index contributed by atoms with van der Waals surface area (Å²) in [6.45, 7) is 8.73. The van der Waals surface area contributed by atoms with E-state index in [0.29, 0.717) is 0 Å².